The number of benzene rings is 1. The van der Waals surface area contributed by atoms with E-state index in [1.54, 1.807) is 6.20 Å². The number of hydrogen-bond acceptors (Lipinski definition) is 4. The van der Waals surface area contributed by atoms with E-state index in [2.05, 4.69) is 34.1 Å². The summed E-state index contributed by atoms with van der Waals surface area (Å²) in [5.74, 6) is -0.287. The van der Waals surface area contributed by atoms with Gasteiger partial charge in [-0.1, -0.05) is 30.3 Å². The lowest BCUT2D eigenvalue weighted by Crippen LogP contribution is -2.31. The molecule has 22 heavy (non-hydrogen) atoms. The summed E-state index contributed by atoms with van der Waals surface area (Å²) in [6.07, 6.45) is 2.55. The van der Waals surface area contributed by atoms with E-state index < -0.39 is 0 Å². The fraction of sp³-hybridized carbons (Fsp3) is 0.333. The topological polar surface area (TPSA) is 42.4 Å². The number of carbonyl (C=O) groups excluding carboxylic acids is 1. The SMILES string of the molecule is CCOC(=O)c1cnc2c(c1)CCN(Cc1ccccc1)C2. The maximum absolute atomic E-state index is 11.8. The van der Waals surface area contributed by atoms with E-state index in [1.165, 1.54) is 5.56 Å². The van der Waals surface area contributed by atoms with Crippen LogP contribution in [-0.2, 0) is 24.2 Å². The summed E-state index contributed by atoms with van der Waals surface area (Å²) in [5, 5.41) is 0. The summed E-state index contributed by atoms with van der Waals surface area (Å²) in [5.41, 5.74) is 4.09. The lowest BCUT2D eigenvalue weighted by Gasteiger charge is -2.28. The van der Waals surface area contributed by atoms with Crippen molar-refractivity contribution in [2.45, 2.75) is 26.4 Å². The Morgan fingerprint density at radius 2 is 2.14 bits per heavy atom. The quantitative estimate of drug-likeness (QED) is 0.814. The Balaban J connectivity index is 1.70. The molecule has 2 aromatic rings. The molecule has 114 valence electrons. The van der Waals surface area contributed by atoms with Crippen molar-refractivity contribution in [3.05, 3.63) is 65.0 Å². The fourth-order valence-corrected chi connectivity index (χ4v) is 2.77. The zero-order valence-corrected chi connectivity index (χ0v) is 12.8. The number of ether oxygens (including phenoxy) is 1. The van der Waals surface area contributed by atoms with Gasteiger partial charge in [0.15, 0.2) is 0 Å². The van der Waals surface area contributed by atoms with Gasteiger partial charge < -0.3 is 4.74 Å². The average molecular weight is 296 g/mol. The zero-order chi connectivity index (χ0) is 15.4. The van der Waals surface area contributed by atoms with Crippen LogP contribution in [0.15, 0.2) is 42.6 Å². The van der Waals surface area contributed by atoms with E-state index >= 15 is 0 Å². The molecule has 4 nitrogen and oxygen atoms in total. The van der Waals surface area contributed by atoms with Gasteiger partial charge in [0.2, 0.25) is 0 Å². The Kier molecular flexibility index (Phi) is 4.49. The number of fused-ring (bicyclic) bond motifs is 1. The molecule has 1 aliphatic rings. The van der Waals surface area contributed by atoms with Crippen LogP contribution in [0.5, 0.6) is 0 Å². The van der Waals surface area contributed by atoms with Gasteiger partial charge in [-0.2, -0.15) is 0 Å². The van der Waals surface area contributed by atoms with Crippen LogP contribution in [0.4, 0.5) is 0 Å². The molecule has 4 heteroatoms. The molecule has 1 aromatic carbocycles. The molecule has 1 aliphatic heterocycles. The third kappa shape index (κ3) is 3.34. The highest BCUT2D eigenvalue weighted by molar-refractivity contribution is 5.89. The summed E-state index contributed by atoms with van der Waals surface area (Å²) in [6, 6.07) is 12.4. The van der Waals surface area contributed by atoms with Crippen LogP contribution in [0.1, 0.15) is 34.1 Å². The van der Waals surface area contributed by atoms with E-state index in [0.29, 0.717) is 12.2 Å². The number of nitrogens with zero attached hydrogens (tertiary/aromatic N) is 2. The van der Waals surface area contributed by atoms with Crippen molar-refractivity contribution < 1.29 is 9.53 Å². The molecule has 0 radical (unpaired) electrons. The Labute approximate surface area is 130 Å². The van der Waals surface area contributed by atoms with Gasteiger partial charge >= 0.3 is 5.97 Å². The van der Waals surface area contributed by atoms with Gasteiger partial charge in [-0.05, 0) is 30.5 Å². The molecule has 1 aromatic heterocycles. The second kappa shape index (κ2) is 6.71. The summed E-state index contributed by atoms with van der Waals surface area (Å²) in [6.45, 7) is 4.94. The van der Waals surface area contributed by atoms with Crippen molar-refractivity contribution in [3.8, 4) is 0 Å². The van der Waals surface area contributed by atoms with Crippen molar-refractivity contribution >= 4 is 5.97 Å². The molecule has 0 saturated heterocycles. The predicted octanol–water partition coefficient (Wildman–Crippen LogP) is 2.82. The highest BCUT2D eigenvalue weighted by Gasteiger charge is 2.19. The summed E-state index contributed by atoms with van der Waals surface area (Å²) >= 11 is 0. The van der Waals surface area contributed by atoms with E-state index in [4.69, 9.17) is 4.74 Å². The summed E-state index contributed by atoms with van der Waals surface area (Å²) < 4.78 is 5.03. The maximum Gasteiger partial charge on any atom is 0.339 e. The van der Waals surface area contributed by atoms with Crippen molar-refractivity contribution in [3.63, 3.8) is 0 Å². The van der Waals surface area contributed by atoms with Crippen molar-refractivity contribution in [1.29, 1.82) is 0 Å². The van der Waals surface area contributed by atoms with Crippen LogP contribution in [-0.4, -0.2) is 29.0 Å². The van der Waals surface area contributed by atoms with Gasteiger partial charge in [0.05, 0.1) is 17.9 Å². The molecule has 0 atom stereocenters. The minimum atomic E-state index is -0.287. The number of carbonyl (C=O) groups is 1. The minimum Gasteiger partial charge on any atom is -0.462 e. The third-order valence-electron chi connectivity index (χ3n) is 3.89. The Bertz CT molecular complexity index is 655. The number of hydrogen-bond donors (Lipinski definition) is 0. The molecule has 0 aliphatic carbocycles. The van der Waals surface area contributed by atoms with Gasteiger partial charge in [-0.25, -0.2) is 4.79 Å². The van der Waals surface area contributed by atoms with Gasteiger partial charge in [0, 0.05) is 25.8 Å². The Morgan fingerprint density at radius 3 is 2.91 bits per heavy atom. The van der Waals surface area contributed by atoms with Gasteiger partial charge in [-0.3, -0.25) is 9.88 Å². The monoisotopic (exact) mass is 296 g/mol. The molecule has 2 heterocycles. The molecular formula is C18H20N2O2. The highest BCUT2D eigenvalue weighted by Crippen LogP contribution is 2.20. The Morgan fingerprint density at radius 1 is 1.32 bits per heavy atom. The first-order valence-corrected chi connectivity index (χ1v) is 7.67. The molecule has 0 N–H and O–H groups in total. The summed E-state index contributed by atoms with van der Waals surface area (Å²) in [4.78, 5) is 18.6. The van der Waals surface area contributed by atoms with Gasteiger partial charge in [-0.15, -0.1) is 0 Å². The molecule has 0 fully saturated rings. The van der Waals surface area contributed by atoms with Crippen molar-refractivity contribution in [2.24, 2.45) is 0 Å². The van der Waals surface area contributed by atoms with Crippen LogP contribution in [0.25, 0.3) is 0 Å². The number of pyridine rings is 1. The highest BCUT2D eigenvalue weighted by atomic mass is 16.5. The first kappa shape index (κ1) is 14.7. The second-order valence-electron chi connectivity index (χ2n) is 5.50. The fourth-order valence-electron chi connectivity index (χ4n) is 2.77. The molecule has 0 bridgehead atoms. The van der Waals surface area contributed by atoms with E-state index in [-0.39, 0.29) is 5.97 Å². The van der Waals surface area contributed by atoms with Gasteiger partial charge in [0.25, 0.3) is 0 Å². The molecule has 3 rings (SSSR count). The number of esters is 1. The standard InChI is InChI=1S/C18H20N2O2/c1-2-22-18(21)16-10-15-8-9-20(13-17(15)19-11-16)12-14-6-4-3-5-7-14/h3-7,10-11H,2,8-9,12-13H2,1H3. The van der Waals surface area contributed by atoms with Crippen LogP contribution in [0, 0.1) is 0 Å². The van der Waals surface area contributed by atoms with Crippen molar-refractivity contribution in [1.82, 2.24) is 9.88 Å². The third-order valence-corrected chi connectivity index (χ3v) is 3.89. The smallest absolute Gasteiger partial charge is 0.339 e. The Hall–Kier alpha value is -2.20. The number of rotatable bonds is 4. The van der Waals surface area contributed by atoms with Crippen LogP contribution < -0.4 is 0 Å². The van der Waals surface area contributed by atoms with Crippen LogP contribution in [0.2, 0.25) is 0 Å². The first-order valence-electron chi connectivity index (χ1n) is 7.67. The molecule has 0 unspecified atom stereocenters. The molecular weight excluding hydrogens is 276 g/mol. The molecule has 0 spiro atoms. The predicted molar refractivity (Wildman–Crippen MR) is 84.5 cm³/mol. The molecule has 0 saturated carbocycles. The van der Waals surface area contributed by atoms with E-state index in [0.717, 1.165) is 37.3 Å². The second-order valence-corrected chi connectivity index (χ2v) is 5.50. The summed E-state index contributed by atoms with van der Waals surface area (Å²) in [7, 11) is 0. The zero-order valence-electron chi connectivity index (χ0n) is 12.8. The molecule has 0 amide bonds. The van der Waals surface area contributed by atoms with Gasteiger partial charge in [0.1, 0.15) is 0 Å². The van der Waals surface area contributed by atoms with Crippen LogP contribution in [0.3, 0.4) is 0 Å². The number of aromatic nitrogens is 1. The maximum atomic E-state index is 11.8. The normalized spacial score (nSPS) is 14.4. The van der Waals surface area contributed by atoms with E-state index in [9.17, 15) is 4.79 Å². The average Bonchev–Trinajstić information content (AvgIpc) is 2.55. The minimum absolute atomic E-state index is 0.287. The van der Waals surface area contributed by atoms with Crippen molar-refractivity contribution in [2.75, 3.05) is 13.2 Å². The van der Waals surface area contributed by atoms with E-state index in [1.807, 2.05) is 19.1 Å². The largest absolute Gasteiger partial charge is 0.462 e. The lowest BCUT2D eigenvalue weighted by molar-refractivity contribution is 0.0525. The lowest BCUT2D eigenvalue weighted by atomic mass is 10.0. The first-order chi connectivity index (χ1) is 10.8. The van der Waals surface area contributed by atoms with Crippen LogP contribution >= 0.6 is 0 Å².